The molecule has 3 heteroatoms. The first-order chi connectivity index (χ1) is 6.58. The molecular formula is C11H9ClO2. The first-order valence-electron chi connectivity index (χ1n) is 4.28. The lowest BCUT2D eigenvalue weighted by Crippen LogP contribution is -1.98. The molecule has 1 aromatic heterocycles. The van der Waals surface area contributed by atoms with Crippen molar-refractivity contribution < 1.29 is 4.42 Å². The molecule has 1 aromatic carbocycles. The Bertz CT molecular complexity index is 555. The SMILES string of the molecule is Cc1cc(Cl)c2oc(=O)cc(C)c2c1. The van der Waals surface area contributed by atoms with Gasteiger partial charge >= 0.3 is 5.63 Å². The number of rotatable bonds is 0. The molecule has 2 aromatic rings. The normalized spacial score (nSPS) is 10.8. The molecule has 0 atom stereocenters. The van der Waals surface area contributed by atoms with Crippen LogP contribution in [-0.4, -0.2) is 0 Å². The highest BCUT2D eigenvalue weighted by atomic mass is 35.5. The number of hydrogen-bond donors (Lipinski definition) is 0. The zero-order chi connectivity index (χ0) is 10.3. The molecule has 0 fully saturated rings. The Labute approximate surface area is 86.1 Å². The van der Waals surface area contributed by atoms with Crippen molar-refractivity contribution in [3.8, 4) is 0 Å². The molecular weight excluding hydrogens is 200 g/mol. The van der Waals surface area contributed by atoms with E-state index in [1.807, 2.05) is 19.9 Å². The largest absolute Gasteiger partial charge is 0.421 e. The Morgan fingerprint density at radius 1 is 1.21 bits per heavy atom. The summed E-state index contributed by atoms with van der Waals surface area (Å²) in [5.41, 5.74) is 2.06. The minimum absolute atomic E-state index is 0.360. The van der Waals surface area contributed by atoms with E-state index in [-0.39, 0.29) is 5.63 Å². The second kappa shape index (κ2) is 3.14. The summed E-state index contributed by atoms with van der Waals surface area (Å²) >= 11 is 5.97. The van der Waals surface area contributed by atoms with Gasteiger partial charge in [-0.15, -0.1) is 0 Å². The van der Waals surface area contributed by atoms with Gasteiger partial charge in [0.1, 0.15) is 0 Å². The van der Waals surface area contributed by atoms with E-state index in [4.69, 9.17) is 16.0 Å². The van der Waals surface area contributed by atoms with Gasteiger partial charge in [0.25, 0.3) is 0 Å². The number of halogens is 1. The molecule has 0 saturated carbocycles. The summed E-state index contributed by atoms with van der Waals surface area (Å²) < 4.78 is 5.04. The quantitative estimate of drug-likeness (QED) is 0.623. The molecule has 0 amide bonds. The monoisotopic (exact) mass is 208 g/mol. The third-order valence-electron chi connectivity index (χ3n) is 2.15. The van der Waals surface area contributed by atoms with Crippen LogP contribution in [0, 0.1) is 13.8 Å². The van der Waals surface area contributed by atoms with Crippen molar-refractivity contribution in [2.24, 2.45) is 0 Å². The van der Waals surface area contributed by atoms with Gasteiger partial charge < -0.3 is 4.42 Å². The van der Waals surface area contributed by atoms with Gasteiger partial charge in [-0.3, -0.25) is 0 Å². The minimum atomic E-state index is -0.360. The topological polar surface area (TPSA) is 30.2 Å². The van der Waals surface area contributed by atoms with E-state index in [2.05, 4.69) is 0 Å². The predicted molar refractivity (Wildman–Crippen MR) is 57.0 cm³/mol. The van der Waals surface area contributed by atoms with Gasteiger partial charge in [0.05, 0.1) is 5.02 Å². The van der Waals surface area contributed by atoms with Crippen molar-refractivity contribution in [1.82, 2.24) is 0 Å². The van der Waals surface area contributed by atoms with Crippen LogP contribution in [0.15, 0.2) is 27.4 Å². The number of hydrogen-bond acceptors (Lipinski definition) is 2. The number of benzene rings is 1. The fourth-order valence-electron chi connectivity index (χ4n) is 1.51. The smallest absolute Gasteiger partial charge is 0.336 e. The second-order valence-corrected chi connectivity index (χ2v) is 3.78. The van der Waals surface area contributed by atoms with Crippen LogP contribution >= 0.6 is 11.6 Å². The van der Waals surface area contributed by atoms with E-state index in [9.17, 15) is 4.79 Å². The zero-order valence-corrected chi connectivity index (χ0v) is 8.68. The van der Waals surface area contributed by atoms with Crippen LogP contribution in [0.5, 0.6) is 0 Å². The average Bonchev–Trinajstić information content (AvgIpc) is 2.07. The summed E-state index contributed by atoms with van der Waals surface area (Å²) in [7, 11) is 0. The lowest BCUT2D eigenvalue weighted by atomic mass is 10.1. The van der Waals surface area contributed by atoms with Gasteiger partial charge in [-0.1, -0.05) is 11.6 Å². The molecule has 0 aliphatic heterocycles. The van der Waals surface area contributed by atoms with Crippen molar-refractivity contribution in [3.05, 3.63) is 44.8 Å². The van der Waals surface area contributed by atoms with E-state index in [0.717, 1.165) is 16.5 Å². The molecule has 72 valence electrons. The third-order valence-corrected chi connectivity index (χ3v) is 2.43. The lowest BCUT2D eigenvalue weighted by molar-refractivity contribution is 0.560. The molecule has 0 unspecified atom stereocenters. The highest BCUT2D eigenvalue weighted by Crippen LogP contribution is 2.25. The van der Waals surface area contributed by atoms with Crippen molar-refractivity contribution in [1.29, 1.82) is 0 Å². The third kappa shape index (κ3) is 1.42. The highest BCUT2D eigenvalue weighted by Gasteiger charge is 2.06. The summed E-state index contributed by atoms with van der Waals surface area (Å²) in [6.07, 6.45) is 0. The highest BCUT2D eigenvalue weighted by molar-refractivity contribution is 6.34. The van der Waals surface area contributed by atoms with Crippen LogP contribution < -0.4 is 5.63 Å². The first kappa shape index (κ1) is 9.28. The first-order valence-corrected chi connectivity index (χ1v) is 4.66. The van der Waals surface area contributed by atoms with Gasteiger partial charge in [0.15, 0.2) is 5.58 Å². The van der Waals surface area contributed by atoms with Crippen LogP contribution in [0.25, 0.3) is 11.0 Å². The van der Waals surface area contributed by atoms with Crippen molar-refractivity contribution in [3.63, 3.8) is 0 Å². The van der Waals surface area contributed by atoms with E-state index < -0.39 is 0 Å². The fraction of sp³-hybridized carbons (Fsp3) is 0.182. The van der Waals surface area contributed by atoms with Gasteiger partial charge in [0.2, 0.25) is 0 Å². The predicted octanol–water partition coefficient (Wildman–Crippen LogP) is 3.06. The van der Waals surface area contributed by atoms with Gasteiger partial charge in [0, 0.05) is 11.5 Å². The standard InChI is InChI=1S/C11H9ClO2/c1-6-3-8-7(2)5-10(13)14-11(8)9(12)4-6/h3-5H,1-2H3. The van der Waals surface area contributed by atoms with Gasteiger partial charge in [-0.25, -0.2) is 4.79 Å². The summed E-state index contributed by atoms with van der Waals surface area (Å²) in [6, 6.07) is 5.21. The number of fused-ring (bicyclic) bond motifs is 1. The van der Waals surface area contributed by atoms with E-state index in [1.54, 1.807) is 6.07 Å². The van der Waals surface area contributed by atoms with Crippen LogP contribution in [0.4, 0.5) is 0 Å². The molecule has 1 heterocycles. The molecule has 0 N–H and O–H groups in total. The van der Waals surface area contributed by atoms with Crippen molar-refractivity contribution in [2.45, 2.75) is 13.8 Å². The van der Waals surface area contributed by atoms with E-state index in [0.29, 0.717) is 10.6 Å². The molecule has 14 heavy (non-hydrogen) atoms. The Kier molecular flexibility index (Phi) is 2.08. The molecule has 0 bridgehead atoms. The Morgan fingerprint density at radius 2 is 1.93 bits per heavy atom. The zero-order valence-electron chi connectivity index (χ0n) is 7.93. The fourth-order valence-corrected chi connectivity index (χ4v) is 1.82. The van der Waals surface area contributed by atoms with Gasteiger partial charge in [-0.2, -0.15) is 0 Å². The minimum Gasteiger partial charge on any atom is -0.421 e. The Balaban J connectivity index is 3.01. The maximum absolute atomic E-state index is 11.1. The molecule has 0 aliphatic carbocycles. The Hall–Kier alpha value is -1.28. The maximum atomic E-state index is 11.1. The molecule has 0 saturated heterocycles. The summed E-state index contributed by atoms with van der Waals surface area (Å²) in [5.74, 6) is 0. The molecule has 2 rings (SSSR count). The summed E-state index contributed by atoms with van der Waals surface area (Å²) in [5, 5.41) is 1.38. The van der Waals surface area contributed by atoms with Crippen LogP contribution in [0.2, 0.25) is 5.02 Å². The molecule has 0 aliphatic rings. The molecule has 0 spiro atoms. The van der Waals surface area contributed by atoms with Gasteiger partial charge in [-0.05, 0) is 37.1 Å². The van der Waals surface area contributed by atoms with Crippen LogP contribution in [0.1, 0.15) is 11.1 Å². The molecule has 0 radical (unpaired) electrons. The van der Waals surface area contributed by atoms with Crippen LogP contribution in [0.3, 0.4) is 0 Å². The maximum Gasteiger partial charge on any atom is 0.336 e. The van der Waals surface area contributed by atoms with E-state index >= 15 is 0 Å². The van der Waals surface area contributed by atoms with Crippen molar-refractivity contribution >= 4 is 22.6 Å². The second-order valence-electron chi connectivity index (χ2n) is 3.37. The summed E-state index contributed by atoms with van der Waals surface area (Å²) in [4.78, 5) is 11.1. The summed E-state index contributed by atoms with van der Waals surface area (Å²) in [6.45, 7) is 3.82. The van der Waals surface area contributed by atoms with Crippen LogP contribution in [-0.2, 0) is 0 Å². The average molecular weight is 209 g/mol. The molecule has 2 nitrogen and oxygen atoms in total. The Morgan fingerprint density at radius 3 is 2.64 bits per heavy atom. The number of aryl methyl sites for hydroxylation is 2. The van der Waals surface area contributed by atoms with Crippen molar-refractivity contribution in [2.75, 3.05) is 0 Å². The van der Waals surface area contributed by atoms with E-state index in [1.165, 1.54) is 6.07 Å². The lowest BCUT2D eigenvalue weighted by Gasteiger charge is -2.03.